The van der Waals surface area contributed by atoms with Crippen LogP contribution in [0.4, 0.5) is 4.79 Å². The summed E-state index contributed by atoms with van der Waals surface area (Å²) in [5.74, 6) is 0.211. The largest absolute Gasteiger partial charge is 0.444 e. The van der Waals surface area contributed by atoms with E-state index in [-0.39, 0.29) is 18.6 Å². The Bertz CT molecular complexity index is 224. The number of amides is 1. The predicted molar refractivity (Wildman–Crippen MR) is 54.5 cm³/mol. The van der Waals surface area contributed by atoms with E-state index in [1.54, 1.807) is 4.90 Å². The van der Waals surface area contributed by atoms with Crippen LogP contribution in [-0.4, -0.2) is 41.5 Å². The molecule has 0 aromatic rings. The standard InChI is InChI=1S/C10H19NO4/c1-10(2,3)15-9(12)11-5-4-8(6-11)7-14-13/h8,13H,4-7H2,1-3H3. The molecule has 0 aromatic carbocycles. The molecule has 1 aliphatic rings. The second-order valence-corrected chi connectivity index (χ2v) is 4.88. The van der Waals surface area contributed by atoms with Gasteiger partial charge in [0.2, 0.25) is 0 Å². The van der Waals surface area contributed by atoms with Crippen molar-refractivity contribution in [2.75, 3.05) is 19.7 Å². The molecule has 0 saturated carbocycles. The van der Waals surface area contributed by atoms with E-state index in [1.807, 2.05) is 20.8 Å². The molecule has 0 aliphatic carbocycles. The molecule has 1 amide bonds. The van der Waals surface area contributed by atoms with Crippen molar-refractivity contribution in [1.29, 1.82) is 0 Å². The van der Waals surface area contributed by atoms with Gasteiger partial charge in [0, 0.05) is 19.0 Å². The van der Waals surface area contributed by atoms with Crippen LogP contribution in [0.3, 0.4) is 0 Å². The van der Waals surface area contributed by atoms with Gasteiger partial charge in [0.05, 0.1) is 6.61 Å². The molecule has 1 rings (SSSR count). The number of hydrogen-bond acceptors (Lipinski definition) is 4. The Kier molecular flexibility index (Phi) is 3.93. The summed E-state index contributed by atoms with van der Waals surface area (Å²) in [6.45, 7) is 7.07. The first-order valence-electron chi connectivity index (χ1n) is 5.16. The molecule has 88 valence electrons. The van der Waals surface area contributed by atoms with Crippen LogP contribution in [-0.2, 0) is 9.62 Å². The lowest BCUT2D eigenvalue weighted by Gasteiger charge is -2.24. The van der Waals surface area contributed by atoms with Gasteiger partial charge >= 0.3 is 6.09 Å². The number of carbonyl (C=O) groups excluding carboxylic acids is 1. The molecule has 1 N–H and O–H groups in total. The van der Waals surface area contributed by atoms with Crippen molar-refractivity contribution in [3.63, 3.8) is 0 Å². The predicted octanol–water partition coefficient (Wildman–Crippen LogP) is 1.73. The maximum Gasteiger partial charge on any atom is 0.410 e. The van der Waals surface area contributed by atoms with Crippen molar-refractivity contribution in [1.82, 2.24) is 4.90 Å². The molecule has 1 fully saturated rings. The van der Waals surface area contributed by atoms with Gasteiger partial charge in [-0.3, -0.25) is 5.26 Å². The fourth-order valence-electron chi connectivity index (χ4n) is 1.57. The van der Waals surface area contributed by atoms with Crippen molar-refractivity contribution in [3.8, 4) is 0 Å². The average molecular weight is 217 g/mol. The third kappa shape index (κ3) is 4.05. The number of likely N-dealkylation sites (tertiary alicyclic amines) is 1. The van der Waals surface area contributed by atoms with Crippen molar-refractivity contribution in [2.24, 2.45) is 5.92 Å². The molecule has 5 nitrogen and oxygen atoms in total. The van der Waals surface area contributed by atoms with Crippen molar-refractivity contribution >= 4 is 6.09 Å². The molecule has 1 heterocycles. The molecule has 0 spiro atoms. The van der Waals surface area contributed by atoms with Crippen LogP contribution >= 0.6 is 0 Å². The molecular formula is C10H19NO4. The lowest BCUT2D eigenvalue weighted by atomic mass is 10.1. The summed E-state index contributed by atoms with van der Waals surface area (Å²) in [5.41, 5.74) is -0.456. The summed E-state index contributed by atoms with van der Waals surface area (Å²) in [7, 11) is 0. The Morgan fingerprint density at radius 2 is 2.20 bits per heavy atom. The smallest absolute Gasteiger partial charge is 0.410 e. The second-order valence-electron chi connectivity index (χ2n) is 4.88. The van der Waals surface area contributed by atoms with Crippen molar-refractivity contribution in [3.05, 3.63) is 0 Å². The van der Waals surface area contributed by atoms with E-state index in [2.05, 4.69) is 4.89 Å². The zero-order chi connectivity index (χ0) is 11.5. The first-order chi connectivity index (χ1) is 6.92. The van der Waals surface area contributed by atoms with E-state index < -0.39 is 5.60 Å². The molecule has 1 unspecified atom stereocenters. The summed E-state index contributed by atoms with van der Waals surface area (Å²) in [6, 6.07) is 0. The fourth-order valence-corrected chi connectivity index (χ4v) is 1.57. The van der Waals surface area contributed by atoms with Crippen LogP contribution in [0.5, 0.6) is 0 Å². The average Bonchev–Trinajstić information content (AvgIpc) is 2.50. The number of ether oxygens (including phenoxy) is 1. The van der Waals surface area contributed by atoms with E-state index in [0.29, 0.717) is 13.1 Å². The Labute approximate surface area is 89.9 Å². The van der Waals surface area contributed by atoms with Crippen molar-refractivity contribution < 1.29 is 19.7 Å². The monoisotopic (exact) mass is 217 g/mol. The summed E-state index contributed by atoms with van der Waals surface area (Å²) >= 11 is 0. The topological polar surface area (TPSA) is 59.0 Å². The zero-order valence-corrected chi connectivity index (χ0v) is 9.52. The SMILES string of the molecule is CC(C)(C)OC(=O)N1CCC(COO)C1. The van der Waals surface area contributed by atoms with Crippen LogP contribution in [0.1, 0.15) is 27.2 Å². The molecule has 0 radical (unpaired) electrons. The highest BCUT2D eigenvalue weighted by molar-refractivity contribution is 5.68. The van der Waals surface area contributed by atoms with Gasteiger partial charge in [-0.05, 0) is 27.2 Å². The third-order valence-corrected chi connectivity index (χ3v) is 2.25. The first-order valence-corrected chi connectivity index (χ1v) is 5.16. The van der Waals surface area contributed by atoms with Gasteiger partial charge in [-0.2, -0.15) is 0 Å². The van der Waals surface area contributed by atoms with Crippen LogP contribution in [0, 0.1) is 5.92 Å². The molecule has 0 aromatic heterocycles. The van der Waals surface area contributed by atoms with Gasteiger partial charge in [0.1, 0.15) is 5.60 Å². The van der Waals surface area contributed by atoms with E-state index in [9.17, 15) is 4.79 Å². The van der Waals surface area contributed by atoms with Gasteiger partial charge in [0.15, 0.2) is 0 Å². The summed E-state index contributed by atoms with van der Waals surface area (Å²) in [6.07, 6.45) is 0.558. The highest BCUT2D eigenvalue weighted by Crippen LogP contribution is 2.19. The summed E-state index contributed by atoms with van der Waals surface area (Å²) in [5, 5.41) is 8.30. The minimum Gasteiger partial charge on any atom is -0.444 e. The fraction of sp³-hybridized carbons (Fsp3) is 0.900. The lowest BCUT2D eigenvalue weighted by Crippen LogP contribution is -2.35. The van der Waals surface area contributed by atoms with Gasteiger partial charge in [-0.15, -0.1) is 0 Å². The second kappa shape index (κ2) is 4.81. The molecule has 0 bridgehead atoms. The van der Waals surface area contributed by atoms with Gasteiger partial charge in [-0.1, -0.05) is 0 Å². The van der Waals surface area contributed by atoms with Crippen LogP contribution in [0.25, 0.3) is 0 Å². The number of rotatable bonds is 2. The molecular weight excluding hydrogens is 198 g/mol. The third-order valence-electron chi connectivity index (χ3n) is 2.25. The minimum absolute atomic E-state index is 0.211. The Hall–Kier alpha value is -0.810. The Morgan fingerprint density at radius 3 is 2.73 bits per heavy atom. The van der Waals surface area contributed by atoms with Crippen LogP contribution in [0.2, 0.25) is 0 Å². The summed E-state index contributed by atoms with van der Waals surface area (Å²) < 4.78 is 5.23. The van der Waals surface area contributed by atoms with Gasteiger partial charge in [-0.25, -0.2) is 9.68 Å². The van der Waals surface area contributed by atoms with Crippen LogP contribution in [0.15, 0.2) is 0 Å². The number of hydrogen-bond donors (Lipinski definition) is 1. The Balaban J connectivity index is 2.37. The first kappa shape index (κ1) is 12.3. The molecule has 1 saturated heterocycles. The molecule has 1 atom stereocenters. The number of nitrogens with zero attached hydrogens (tertiary/aromatic N) is 1. The van der Waals surface area contributed by atoms with E-state index in [1.165, 1.54) is 0 Å². The maximum absolute atomic E-state index is 11.6. The Morgan fingerprint density at radius 1 is 1.53 bits per heavy atom. The molecule has 5 heteroatoms. The lowest BCUT2D eigenvalue weighted by molar-refractivity contribution is -0.250. The zero-order valence-electron chi connectivity index (χ0n) is 9.52. The van der Waals surface area contributed by atoms with Crippen molar-refractivity contribution in [2.45, 2.75) is 32.8 Å². The summed E-state index contributed by atoms with van der Waals surface area (Å²) in [4.78, 5) is 17.3. The molecule has 15 heavy (non-hydrogen) atoms. The molecule has 1 aliphatic heterocycles. The van der Waals surface area contributed by atoms with E-state index in [0.717, 1.165) is 6.42 Å². The number of carbonyl (C=O) groups is 1. The van der Waals surface area contributed by atoms with Gasteiger partial charge < -0.3 is 9.64 Å². The van der Waals surface area contributed by atoms with E-state index >= 15 is 0 Å². The van der Waals surface area contributed by atoms with Crippen LogP contribution < -0.4 is 0 Å². The minimum atomic E-state index is -0.456. The maximum atomic E-state index is 11.6. The highest BCUT2D eigenvalue weighted by Gasteiger charge is 2.29. The normalized spacial score (nSPS) is 21.9. The van der Waals surface area contributed by atoms with E-state index in [4.69, 9.17) is 9.99 Å². The highest BCUT2D eigenvalue weighted by atomic mass is 17.1. The quantitative estimate of drug-likeness (QED) is 0.565. The van der Waals surface area contributed by atoms with Gasteiger partial charge in [0.25, 0.3) is 0 Å².